The summed E-state index contributed by atoms with van der Waals surface area (Å²) in [6, 6.07) is 14.4. The molecule has 1 aromatic heterocycles. The molecule has 1 atom stereocenters. The Balaban J connectivity index is 1.61. The van der Waals surface area contributed by atoms with Gasteiger partial charge >= 0.3 is 0 Å². The second-order valence-corrected chi connectivity index (χ2v) is 8.27. The molecule has 3 aliphatic heterocycles. The van der Waals surface area contributed by atoms with Gasteiger partial charge in [0.05, 0.1) is 19.4 Å². The molecule has 0 fully saturated rings. The van der Waals surface area contributed by atoms with Crippen molar-refractivity contribution in [3.8, 4) is 22.6 Å². The van der Waals surface area contributed by atoms with Gasteiger partial charge in [-0.25, -0.2) is 9.38 Å². The van der Waals surface area contributed by atoms with Crippen molar-refractivity contribution in [2.45, 2.75) is 12.0 Å². The Morgan fingerprint density at radius 3 is 2.70 bits per heavy atom. The van der Waals surface area contributed by atoms with E-state index in [-0.39, 0.29) is 5.91 Å². The molecule has 0 saturated heterocycles. The minimum absolute atomic E-state index is 0.156. The standard InChI is InChI=1S/C26H20FN3O3/c1-30-24(16-8-10-32-11-9-16)29-26(25(30)31)20-4-2-3-5-22(20)33-23-7-6-17(13-21(23)26)18-12-19(27)15-28-14-18/h2-8,12-15H,9-11H2,1H3. The largest absolute Gasteiger partial charge is 0.457 e. The lowest BCUT2D eigenvalue weighted by atomic mass is 9.79. The quantitative estimate of drug-likeness (QED) is 0.589. The lowest BCUT2D eigenvalue weighted by molar-refractivity contribution is -0.129. The molecule has 0 bridgehead atoms. The van der Waals surface area contributed by atoms with Crippen molar-refractivity contribution in [3.05, 3.63) is 89.5 Å². The molecular formula is C26H20FN3O3. The molecule has 1 unspecified atom stereocenters. The second-order valence-electron chi connectivity index (χ2n) is 8.27. The van der Waals surface area contributed by atoms with E-state index < -0.39 is 11.4 Å². The molecule has 7 heteroatoms. The van der Waals surface area contributed by atoms with Gasteiger partial charge in [-0.3, -0.25) is 14.7 Å². The molecule has 0 N–H and O–H groups in total. The SMILES string of the molecule is CN1C(=O)C2(N=C1C1=CCOCC1)c1ccccc1Oc1ccc(-c3cncc(F)c3)cc12. The Bertz CT molecular complexity index is 1370. The van der Waals surface area contributed by atoms with E-state index in [1.54, 1.807) is 18.1 Å². The van der Waals surface area contributed by atoms with Gasteiger partial charge in [0.1, 0.15) is 23.2 Å². The molecule has 3 aromatic rings. The number of likely N-dealkylation sites (N-methyl/N-ethyl adjacent to an activating group) is 1. The Morgan fingerprint density at radius 1 is 1.03 bits per heavy atom. The molecule has 164 valence electrons. The van der Waals surface area contributed by atoms with Gasteiger partial charge in [-0.2, -0.15) is 0 Å². The zero-order chi connectivity index (χ0) is 22.6. The van der Waals surface area contributed by atoms with Crippen molar-refractivity contribution in [3.63, 3.8) is 0 Å². The van der Waals surface area contributed by atoms with E-state index in [0.717, 1.165) is 17.3 Å². The molecule has 2 aromatic carbocycles. The van der Waals surface area contributed by atoms with E-state index in [2.05, 4.69) is 4.98 Å². The highest BCUT2D eigenvalue weighted by Crippen LogP contribution is 2.53. The smallest absolute Gasteiger partial charge is 0.265 e. The van der Waals surface area contributed by atoms with Crippen LogP contribution in [0, 0.1) is 5.82 Å². The number of pyridine rings is 1. The van der Waals surface area contributed by atoms with E-state index >= 15 is 0 Å². The molecule has 0 radical (unpaired) electrons. The van der Waals surface area contributed by atoms with Gasteiger partial charge in [-0.1, -0.05) is 30.3 Å². The Morgan fingerprint density at radius 2 is 1.88 bits per heavy atom. The highest BCUT2D eigenvalue weighted by molar-refractivity contribution is 6.17. The summed E-state index contributed by atoms with van der Waals surface area (Å²) in [7, 11) is 1.75. The fourth-order valence-corrected chi connectivity index (χ4v) is 4.76. The number of amidine groups is 1. The van der Waals surface area contributed by atoms with Gasteiger partial charge < -0.3 is 9.47 Å². The molecule has 6 rings (SSSR count). The molecule has 0 aliphatic carbocycles. The summed E-state index contributed by atoms with van der Waals surface area (Å²) >= 11 is 0. The summed E-state index contributed by atoms with van der Waals surface area (Å²) in [6.07, 6.45) is 5.42. The van der Waals surface area contributed by atoms with E-state index in [4.69, 9.17) is 14.5 Å². The topological polar surface area (TPSA) is 64.0 Å². The number of aliphatic imine (C=N–C) groups is 1. The fraction of sp³-hybridized carbons (Fsp3) is 0.192. The van der Waals surface area contributed by atoms with Gasteiger partial charge in [-0.15, -0.1) is 0 Å². The van der Waals surface area contributed by atoms with Crippen LogP contribution in [0.1, 0.15) is 17.5 Å². The summed E-state index contributed by atoms with van der Waals surface area (Å²) in [5.41, 5.74) is 2.36. The Hall–Kier alpha value is -3.84. The predicted octanol–water partition coefficient (Wildman–Crippen LogP) is 4.45. The first-order valence-corrected chi connectivity index (χ1v) is 10.8. The van der Waals surface area contributed by atoms with Crippen molar-refractivity contribution in [1.82, 2.24) is 9.88 Å². The average molecular weight is 441 g/mol. The van der Waals surface area contributed by atoms with Crippen LogP contribution in [0.3, 0.4) is 0 Å². The third kappa shape index (κ3) is 2.93. The van der Waals surface area contributed by atoms with Gasteiger partial charge in [-0.05, 0) is 41.8 Å². The van der Waals surface area contributed by atoms with Gasteiger partial charge in [0, 0.05) is 29.9 Å². The van der Waals surface area contributed by atoms with Crippen LogP contribution in [-0.2, 0) is 15.1 Å². The maximum atomic E-state index is 14.0. The van der Waals surface area contributed by atoms with Crippen LogP contribution in [0.25, 0.3) is 11.1 Å². The van der Waals surface area contributed by atoms with Gasteiger partial charge in [0.15, 0.2) is 5.54 Å². The number of hydrogen-bond acceptors (Lipinski definition) is 5. The molecule has 1 spiro atoms. The van der Waals surface area contributed by atoms with Crippen LogP contribution in [0.4, 0.5) is 4.39 Å². The maximum absolute atomic E-state index is 14.0. The number of hydrogen-bond donors (Lipinski definition) is 0. The third-order valence-corrected chi connectivity index (χ3v) is 6.36. The van der Waals surface area contributed by atoms with Crippen molar-refractivity contribution >= 4 is 11.7 Å². The predicted molar refractivity (Wildman–Crippen MR) is 121 cm³/mol. The molecule has 4 heterocycles. The van der Waals surface area contributed by atoms with Crippen LogP contribution in [0.15, 0.2) is 77.6 Å². The first-order chi connectivity index (χ1) is 16.1. The highest BCUT2D eigenvalue weighted by Gasteiger charge is 2.55. The first kappa shape index (κ1) is 19.8. The lowest BCUT2D eigenvalue weighted by Gasteiger charge is -2.33. The number of benzene rings is 2. The molecule has 33 heavy (non-hydrogen) atoms. The fourth-order valence-electron chi connectivity index (χ4n) is 4.76. The highest BCUT2D eigenvalue weighted by atomic mass is 19.1. The molecule has 6 nitrogen and oxygen atoms in total. The van der Waals surface area contributed by atoms with Crippen LogP contribution in [0.5, 0.6) is 11.5 Å². The summed E-state index contributed by atoms with van der Waals surface area (Å²) in [6.45, 7) is 1.09. The summed E-state index contributed by atoms with van der Waals surface area (Å²) in [4.78, 5) is 24.7. The Labute approximate surface area is 190 Å². The number of para-hydroxylation sites is 1. The minimum Gasteiger partial charge on any atom is -0.457 e. The van der Waals surface area contributed by atoms with E-state index in [1.807, 2.05) is 48.5 Å². The first-order valence-electron chi connectivity index (χ1n) is 10.8. The van der Waals surface area contributed by atoms with Crippen molar-refractivity contribution in [1.29, 1.82) is 0 Å². The van der Waals surface area contributed by atoms with E-state index in [9.17, 15) is 9.18 Å². The number of fused-ring (bicyclic) bond motifs is 4. The summed E-state index contributed by atoms with van der Waals surface area (Å²) < 4.78 is 25.5. The molecule has 0 saturated carbocycles. The minimum atomic E-state index is -1.29. The lowest BCUT2D eigenvalue weighted by Crippen LogP contribution is -2.41. The maximum Gasteiger partial charge on any atom is 0.265 e. The number of carbonyl (C=O) groups excluding carboxylic acids is 1. The van der Waals surface area contributed by atoms with Gasteiger partial charge in [0.25, 0.3) is 5.91 Å². The van der Waals surface area contributed by atoms with Crippen LogP contribution < -0.4 is 4.74 Å². The number of rotatable bonds is 2. The number of aromatic nitrogens is 1. The van der Waals surface area contributed by atoms with E-state index in [1.165, 1.54) is 6.07 Å². The zero-order valence-corrected chi connectivity index (χ0v) is 17.9. The van der Waals surface area contributed by atoms with Crippen LogP contribution in [0.2, 0.25) is 0 Å². The van der Waals surface area contributed by atoms with Crippen molar-refractivity contribution < 1.29 is 18.7 Å². The van der Waals surface area contributed by atoms with Crippen LogP contribution >= 0.6 is 0 Å². The monoisotopic (exact) mass is 441 g/mol. The number of nitrogens with zero attached hydrogens (tertiary/aromatic N) is 3. The molecular weight excluding hydrogens is 421 g/mol. The summed E-state index contributed by atoms with van der Waals surface area (Å²) in [5, 5.41) is 0. The number of halogens is 1. The number of carbonyl (C=O) groups is 1. The number of ether oxygens (including phenoxy) is 2. The van der Waals surface area contributed by atoms with Gasteiger partial charge in [0.2, 0.25) is 0 Å². The average Bonchev–Trinajstić information content (AvgIpc) is 3.11. The Kier molecular flexibility index (Phi) is 4.41. The molecule has 3 aliphatic rings. The van der Waals surface area contributed by atoms with Crippen molar-refractivity contribution in [2.24, 2.45) is 4.99 Å². The molecule has 1 amide bonds. The summed E-state index contributed by atoms with van der Waals surface area (Å²) in [5.74, 6) is 1.21. The van der Waals surface area contributed by atoms with E-state index in [0.29, 0.717) is 53.7 Å². The second kappa shape index (κ2) is 7.35. The number of amides is 1. The third-order valence-electron chi connectivity index (χ3n) is 6.36. The normalized spacial score (nSPS) is 21.3. The van der Waals surface area contributed by atoms with Crippen molar-refractivity contribution in [2.75, 3.05) is 20.3 Å². The van der Waals surface area contributed by atoms with Crippen LogP contribution in [-0.4, -0.2) is 41.9 Å². The zero-order valence-electron chi connectivity index (χ0n) is 17.9.